The van der Waals surface area contributed by atoms with Gasteiger partial charge in [-0.3, -0.25) is 19.2 Å². The summed E-state index contributed by atoms with van der Waals surface area (Å²) < 4.78 is 19.7. The van der Waals surface area contributed by atoms with Gasteiger partial charge in [0.05, 0.1) is 13.2 Å². The van der Waals surface area contributed by atoms with E-state index in [9.17, 15) is 19.5 Å². The second-order valence-corrected chi connectivity index (χ2v) is 13.0. The van der Waals surface area contributed by atoms with E-state index in [2.05, 4.69) is 19.2 Å². The predicted octanol–water partition coefficient (Wildman–Crippen LogP) is 3.34. The first-order valence-electron chi connectivity index (χ1n) is 16.5. The number of rotatable bonds is 15. The number of benzene rings is 1. The van der Waals surface area contributed by atoms with Crippen LogP contribution in [0.2, 0.25) is 0 Å². The van der Waals surface area contributed by atoms with E-state index in [1.54, 1.807) is 25.2 Å². The molecular weight excluding hydrogens is 578 g/mol. The third-order valence-electron chi connectivity index (χ3n) is 9.57. The summed E-state index contributed by atoms with van der Waals surface area (Å²) in [6, 6.07) is 6.61. The highest BCUT2D eigenvalue weighted by Gasteiger charge is 2.76. The Morgan fingerprint density at radius 1 is 1.04 bits per heavy atom. The van der Waals surface area contributed by atoms with Crippen LogP contribution >= 0.6 is 0 Å². The summed E-state index contributed by atoms with van der Waals surface area (Å²) in [6.07, 6.45) is 8.54. The molecule has 2 N–H and O–H groups in total. The van der Waals surface area contributed by atoms with Crippen molar-refractivity contribution in [3.05, 3.63) is 41.5 Å². The minimum absolute atomic E-state index is 0.0640. The van der Waals surface area contributed by atoms with Crippen LogP contribution in [0.25, 0.3) is 6.08 Å². The molecule has 5 rings (SSSR count). The van der Waals surface area contributed by atoms with Gasteiger partial charge in [0.15, 0.2) is 11.8 Å². The fourth-order valence-electron chi connectivity index (χ4n) is 7.26. The van der Waals surface area contributed by atoms with Crippen molar-refractivity contribution >= 4 is 23.9 Å². The molecule has 1 aromatic carbocycles. The molecule has 6 unspecified atom stereocenters. The van der Waals surface area contributed by atoms with Crippen LogP contribution < -0.4 is 5.32 Å². The number of unbranched alkanes of at least 4 members (excludes halogenated alkanes) is 4. The number of ether oxygens (including phenoxy) is 3. The second-order valence-electron chi connectivity index (χ2n) is 13.0. The third kappa shape index (κ3) is 6.69. The number of nitrogens with one attached hydrogen (secondary N) is 1. The molecule has 4 aliphatic rings. The first-order chi connectivity index (χ1) is 21.7. The summed E-state index contributed by atoms with van der Waals surface area (Å²) >= 11 is 0. The predicted molar refractivity (Wildman–Crippen MR) is 166 cm³/mol. The summed E-state index contributed by atoms with van der Waals surface area (Å²) in [5, 5.41) is 13.9. The summed E-state index contributed by atoms with van der Waals surface area (Å²) in [5.41, 5.74) is 0.448. The van der Waals surface area contributed by atoms with E-state index in [4.69, 9.17) is 19.0 Å². The molecule has 2 amide bonds. The highest BCUT2D eigenvalue weighted by atomic mass is 16.8. The number of nitrogens with zero attached hydrogens (tertiary/aromatic N) is 2. The largest absolute Gasteiger partial charge is 0.458 e. The van der Waals surface area contributed by atoms with Gasteiger partial charge in [-0.1, -0.05) is 63.8 Å². The number of aliphatic hydroxyl groups is 1. The Balaban J connectivity index is 1.44. The smallest absolute Gasteiger partial charge is 0.327 e. The lowest BCUT2D eigenvalue weighted by atomic mass is 9.62. The molecule has 3 heterocycles. The first-order valence-corrected chi connectivity index (χ1v) is 16.5. The number of fused-ring (bicyclic) bond motifs is 4. The average molecular weight is 628 g/mol. The molecule has 11 heteroatoms. The maximum Gasteiger partial charge on any atom is 0.327 e. The van der Waals surface area contributed by atoms with Gasteiger partial charge in [-0.25, -0.2) is 0 Å². The van der Waals surface area contributed by atoms with Crippen molar-refractivity contribution in [2.45, 2.75) is 114 Å². The maximum absolute atomic E-state index is 14.0. The SMILES string of the molecule is CCCCCC1(CCCCC)OC2C3CC4(C(=O)NCCO)C(ON(Cc5ccc(C=CC(=O)N(C)C)cc5)C4C(=O)O3)C2O1. The van der Waals surface area contributed by atoms with Gasteiger partial charge in [-0.2, -0.15) is 5.06 Å². The normalized spacial score (nSPS) is 29.9. The molecule has 3 aliphatic heterocycles. The zero-order chi connectivity index (χ0) is 32.2. The minimum Gasteiger partial charge on any atom is -0.458 e. The van der Waals surface area contributed by atoms with E-state index < -0.39 is 47.6 Å². The Kier molecular flexibility index (Phi) is 10.7. The number of carbonyl (C=O) groups excluding carboxylic acids is 3. The summed E-state index contributed by atoms with van der Waals surface area (Å²) in [4.78, 5) is 47.8. The molecule has 0 aromatic heterocycles. The monoisotopic (exact) mass is 627 g/mol. The van der Waals surface area contributed by atoms with Gasteiger partial charge in [-0.05, 0) is 30.0 Å². The van der Waals surface area contributed by atoms with E-state index >= 15 is 0 Å². The fourth-order valence-corrected chi connectivity index (χ4v) is 7.26. The first kappa shape index (κ1) is 33.5. The zero-order valence-electron chi connectivity index (χ0n) is 27.0. The Labute approximate surface area is 266 Å². The standard InChI is InChI=1S/C34H49N3O8/c1-5-7-9-17-33(18-10-8-6-2)43-27-25-21-34(32(41)35-19-20-38)29(31(40)42-25)37(45-30(34)28(27)44-33)22-24-13-11-23(12-14-24)15-16-26(39)36(3)4/h11-16,25,27-30,38H,5-10,17-22H2,1-4H3,(H,35,41). The molecule has 0 radical (unpaired) electrons. The van der Waals surface area contributed by atoms with Crippen LogP contribution in [0.4, 0.5) is 0 Å². The van der Waals surface area contributed by atoms with Crippen LogP contribution in [0.5, 0.6) is 0 Å². The van der Waals surface area contributed by atoms with Crippen molar-refractivity contribution in [2.75, 3.05) is 27.2 Å². The van der Waals surface area contributed by atoms with E-state index in [-0.39, 0.29) is 37.9 Å². The van der Waals surface area contributed by atoms with Crippen molar-refractivity contribution in [1.82, 2.24) is 15.3 Å². The van der Waals surface area contributed by atoms with Crippen molar-refractivity contribution in [2.24, 2.45) is 5.41 Å². The van der Waals surface area contributed by atoms with Gasteiger partial charge in [0.2, 0.25) is 11.8 Å². The minimum atomic E-state index is -1.27. The van der Waals surface area contributed by atoms with Gasteiger partial charge in [0, 0.05) is 46.0 Å². The van der Waals surface area contributed by atoms with Gasteiger partial charge in [0.1, 0.15) is 29.8 Å². The van der Waals surface area contributed by atoms with Crippen LogP contribution in [0.15, 0.2) is 30.3 Å². The Morgan fingerprint density at radius 3 is 2.33 bits per heavy atom. The Hall–Kier alpha value is -2.83. The number of likely N-dealkylation sites (N-methyl/N-ethyl adjacent to an activating group) is 1. The zero-order valence-corrected chi connectivity index (χ0v) is 27.0. The molecule has 3 saturated heterocycles. The second kappa shape index (κ2) is 14.3. The van der Waals surface area contributed by atoms with E-state index in [1.807, 2.05) is 24.3 Å². The van der Waals surface area contributed by atoms with Gasteiger partial charge < -0.3 is 29.5 Å². The van der Waals surface area contributed by atoms with Crippen molar-refractivity contribution in [1.29, 1.82) is 0 Å². The molecule has 11 nitrogen and oxygen atoms in total. The molecule has 2 bridgehead atoms. The number of carbonyl (C=O) groups is 3. The molecule has 45 heavy (non-hydrogen) atoms. The topological polar surface area (TPSA) is 127 Å². The number of aliphatic hydroxyl groups excluding tert-OH is 1. The van der Waals surface area contributed by atoms with E-state index in [0.717, 1.165) is 62.5 Å². The lowest BCUT2D eigenvalue weighted by Gasteiger charge is -2.48. The van der Waals surface area contributed by atoms with Crippen molar-refractivity contribution in [3.63, 3.8) is 0 Å². The molecule has 1 saturated carbocycles. The maximum atomic E-state index is 14.0. The fraction of sp³-hybridized carbons (Fsp3) is 0.676. The summed E-state index contributed by atoms with van der Waals surface area (Å²) in [7, 11) is 3.39. The van der Waals surface area contributed by atoms with Crippen LogP contribution in [0.3, 0.4) is 0 Å². The highest BCUT2D eigenvalue weighted by Crippen LogP contribution is 2.58. The number of esters is 1. The van der Waals surface area contributed by atoms with Crippen LogP contribution in [0.1, 0.15) is 82.8 Å². The Morgan fingerprint density at radius 2 is 1.71 bits per heavy atom. The lowest BCUT2D eigenvalue weighted by Crippen LogP contribution is -2.69. The highest BCUT2D eigenvalue weighted by molar-refractivity contribution is 5.93. The number of hydroxylamine groups is 2. The van der Waals surface area contributed by atoms with Crippen LogP contribution in [-0.2, 0) is 40.0 Å². The van der Waals surface area contributed by atoms with E-state index in [1.165, 1.54) is 11.0 Å². The number of amides is 2. The molecule has 0 spiro atoms. The molecule has 1 aliphatic carbocycles. The molecule has 248 valence electrons. The number of hydrogen-bond acceptors (Lipinski definition) is 9. The molecule has 4 fully saturated rings. The molecular formula is C34H49N3O8. The van der Waals surface area contributed by atoms with Crippen molar-refractivity contribution in [3.8, 4) is 0 Å². The van der Waals surface area contributed by atoms with Crippen LogP contribution in [-0.4, -0.2) is 96.3 Å². The van der Waals surface area contributed by atoms with Crippen molar-refractivity contribution < 1.29 is 38.5 Å². The third-order valence-corrected chi connectivity index (χ3v) is 9.57. The molecule has 1 aromatic rings. The summed E-state index contributed by atoms with van der Waals surface area (Å²) in [5.74, 6) is -1.80. The molecule has 6 atom stereocenters. The Bertz CT molecular complexity index is 1230. The number of hydrogen-bond donors (Lipinski definition) is 2. The van der Waals surface area contributed by atoms with E-state index in [0.29, 0.717) is 0 Å². The average Bonchev–Trinajstić information content (AvgIpc) is 3.58. The lowest BCUT2D eigenvalue weighted by molar-refractivity contribution is -0.224. The van der Waals surface area contributed by atoms with Gasteiger partial charge in [0.25, 0.3) is 0 Å². The van der Waals surface area contributed by atoms with Gasteiger partial charge >= 0.3 is 5.97 Å². The summed E-state index contributed by atoms with van der Waals surface area (Å²) in [6.45, 7) is 4.39. The quantitative estimate of drug-likeness (QED) is 0.171. The van der Waals surface area contributed by atoms with Crippen LogP contribution in [0, 0.1) is 5.41 Å². The van der Waals surface area contributed by atoms with Gasteiger partial charge in [-0.15, -0.1) is 0 Å².